The van der Waals surface area contributed by atoms with Crippen molar-refractivity contribution in [2.45, 2.75) is 211 Å². The monoisotopic (exact) mass is 606 g/mol. The molecule has 2 aliphatic rings. The molecule has 0 bridgehead atoms. The van der Waals surface area contributed by atoms with Gasteiger partial charge in [0.05, 0.1) is 24.4 Å². The topological polar surface area (TPSA) is 93.1 Å². The van der Waals surface area contributed by atoms with Gasteiger partial charge >= 0.3 is 5.97 Å². The zero-order chi connectivity index (χ0) is 31.1. The second-order valence-electron chi connectivity index (χ2n) is 13.5. The molecule has 43 heavy (non-hydrogen) atoms. The first kappa shape index (κ1) is 37.9. The van der Waals surface area contributed by atoms with Gasteiger partial charge in [-0.25, -0.2) is 4.79 Å². The minimum Gasteiger partial charge on any atom is -0.455 e. The van der Waals surface area contributed by atoms with Crippen LogP contribution in [0.25, 0.3) is 0 Å². The van der Waals surface area contributed by atoms with Crippen molar-refractivity contribution < 1.29 is 29.3 Å². The average Bonchev–Trinajstić information content (AvgIpc) is 3.61. The van der Waals surface area contributed by atoms with Crippen molar-refractivity contribution in [2.24, 2.45) is 0 Å². The third-order valence-corrected chi connectivity index (χ3v) is 9.40. The number of esters is 1. The molecule has 2 rings (SSSR count). The van der Waals surface area contributed by atoms with Crippen molar-refractivity contribution in [1.29, 1.82) is 0 Å². The largest absolute Gasteiger partial charge is 0.455 e. The maximum Gasteiger partial charge on any atom is 0.334 e. The van der Waals surface area contributed by atoms with E-state index in [1.165, 1.54) is 57.8 Å². The SMILES string of the molecule is CCCCCCCCCCCC[C@@H](O)[C@H]1CC[C@@H]([C@@H](O)CCCCCCC(=O)CCCCCCCC2=CC(C)OC2=O)O1. The highest BCUT2D eigenvalue weighted by Gasteiger charge is 2.34. The van der Waals surface area contributed by atoms with Gasteiger partial charge in [0, 0.05) is 18.4 Å². The summed E-state index contributed by atoms with van der Waals surface area (Å²) in [5, 5.41) is 21.2. The Labute approximate surface area is 263 Å². The first-order chi connectivity index (χ1) is 20.9. The second kappa shape index (κ2) is 24.1. The van der Waals surface area contributed by atoms with Crippen LogP contribution in [0.5, 0.6) is 0 Å². The summed E-state index contributed by atoms with van der Waals surface area (Å²) in [7, 11) is 0. The molecule has 0 aliphatic carbocycles. The van der Waals surface area contributed by atoms with Crippen LogP contribution in [-0.2, 0) is 19.1 Å². The molecule has 1 saturated heterocycles. The Hall–Kier alpha value is -1.24. The molecule has 5 atom stereocenters. The normalized spacial score (nSPS) is 21.6. The molecule has 0 radical (unpaired) electrons. The van der Waals surface area contributed by atoms with Crippen LogP contribution in [0.2, 0.25) is 0 Å². The van der Waals surface area contributed by atoms with Crippen molar-refractivity contribution in [2.75, 3.05) is 0 Å². The Balaban J connectivity index is 1.36. The van der Waals surface area contributed by atoms with E-state index in [0.29, 0.717) is 18.6 Å². The first-order valence-corrected chi connectivity index (χ1v) is 18.4. The Morgan fingerprint density at radius 1 is 0.721 bits per heavy atom. The van der Waals surface area contributed by atoms with Gasteiger partial charge < -0.3 is 19.7 Å². The number of hydrogen-bond acceptors (Lipinski definition) is 6. The van der Waals surface area contributed by atoms with Gasteiger partial charge in [0.15, 0.2) is 0 Å². The van der Waals surface area contributed by atoms with Crippen LogP contribution in [0.1, 0.15) is 181 Å². The van der Waals surface area contributed by atoms with E-state index in [2.05, 4.69) is 6.92 Å². The number of carbonyl (C=O) groups is 2. The van der Waals surface area contributed by atoms with E-state index in [9.17, 15) is 19.8 Å². The number of unbranched alkanes of at least 4 members (excludes halogenated alkanes) is 16. The maximum absolute atomic E-state index is 12.2. The molecule has 0 amide bonds. The first-order valence-electron chi connectivity index (χ1n) is 18.4. The summed E-state index contributed by atoms with van der Waals surface area (Å²) in [5.74, 6) is 0.214. The molecule has 0 aromatic rings. The van der Waals surface area contributed by atoms with E-state index in [4.69, 9.17) is 9.47 Å². The summed E-state index contributed by atoms with van der Waals surface area (Å²) >= 11 is 0. The van der Waals surface area contributed by atoms with E-state index in [-0.39, 0.29) is 24.3 Å². The molecule has 1 unspecified atom stereocenters. The zero-order valence-corrected chi connectivity index (χ0v) is 27.9. The smallest absolute Gasteiger partial charge is 0.334 e. The van der Waals surface area contributed by atoms with Crippen LogP contribution < -0.4 is 0 Å². The number of ketones is 1. The van der Waals surface area contributed by atoms with E-state index in [1.807, 2.05) is 13.0 Å². The van der Waals surface area contributed by atoms with Crippen LogP contribution in [0, 0.1) is 0 Å². The van der Waals surface area contributed by atoms with Crippen molar-refractivity contribution in [3.05, 3.63) is 11.6 Å². The quantitative estimate of drug-likeness (QED) is 0.0682. The van der Waals surface area contributed by atoms with Gasteiger partial charge in [-0.15, -0.1) is 0 Å². The Kier molecular flexibility index (Phi) is 21.2. The number of cyclic esters (lactones) is 1. The second-order valence-corrected chi connectivity index (χ2v) is 13.5. The number of hydrogen-bond donors (Lipinski definition) is 2. The van der Waals surface area contributed by atoms with Gasteiger partial charge in [-0.2, -0.15) is 0 Å². The zero-order valence-electron chi connectivity index (χ0n) is 27.9. The van der Waals surface area contributed by atoms with Gasteiger partial charge in [-0.05, 0) is 64.4 Å². The minimum absolute atomic E-state index is 0.0794. The molecule has 250 valence electrons. The highest BCUT2D eigenvalue weighted by atomic mass is 16.5. The van der Waals surface area contributed by atoms with Crippen molar-refractivity contribution in [3.63, 3.8) is 0 Å². The molecule has 0 aromatic heterocycles. The standard InChI is InChI=1S/C37H66O6/c1-3-4-5-6-7-8-9-10-14-20-25-33(39)35-27-28-36(43-35)34(40)26-21-16-15-19-24-32(38)23-18-13-11-12-17-22-31-29-30(2)42-37(31)41/h29-30,33-36,39-40H,3-28H2,1-2H3/t30?,33-,34+,35-,36+/m1/s1. The summed E-state index contributed by atoms with van der Waals surface area (Å²) in [6.45, 7) is 4.15. The molecule has 1 fully saturated rings. The average molecular weight is 607 g/mol. The predicted molar refractivity (Wildman–Crippen MR) is 175 cm³/mol. The van der Waals surface area contributed by atoms with Crippen LogP contribution >= 0.6 is 0 Å². The number of carbonyl (C=O) groups excluding carboxylic acids is 2. The molecular formula is C37H66O6. The van der Waals surface area contributed by atoms with Crippen molar-refractivity contribution >= 4 is 11.8 Å². The minimum atomic E-state index is -0.455. The van der Waals surface area contributed by atoms with Gasteiger partial charge in [0.25, 0.3) is 0 Å². The van der Waals surface area contributed by atoms with Crippen LogP contribution in [0.3, 0.4) is 0 Å². The number of aliphatic hydroxyl groups is 2. The third-order valence-electron chi connectivity index (χ3n) is 9.40. The Morgan fingerprint density at radius 2 is 1.16 bits per heavy atom. The number of rotatable bonds is 28. The number of aliphatic hydroxyl groups excluding tert-OH is 2. The van der Waals surface area contributed by atoms with Crippen LogP contribution in [0.4, 0.5) is 0 Å². The molecule has 2 N–H and O–H groups in total. The fourth-order valence-electron chi connectivity index (χ4n) is 6.61. The summed E-state index contributed by atoms with van der Waals surface area (Å²) < 4.78 is 11.2. The lowest BCUT2D eigenvalue weighted by Gasteiger charge is -2.22. The molecule has 2 aliphatic heterocycles. The third kappa shape index (κ3) is 17.7. The number of ether oxygens (including phenoxy) is 2. The van der Waals surface area contributed by atoms with Gasteiger partial charge in [-0.3, -0.25) is 4.79 Å². The lowest BCUT2D eigenvalue weighted by Crippen LogP contribution is -2.31. The Bertz CT molecular complexity index is 764. The molecule has 0 saturated carbocycles. The van der Waals surface area contributed by atoms with Crippen molar-refractivity contribution in [3.8, 4) is 0 Å². The fourth-order valence-corrected chi connectivity index (χ4v) is 6.61. The molecule has 2 heterocycles. The Morgan fingerprint density at radius 3 is 1.63 bits per heavy atom. The summed E-state index contributed by atoms with van der Waals surface area (Å²) in [6.07, 6.45) is 28.3. The molecule has 6 heteroatoms. The maximum atomic E-state index is 12.2. The molecule has 6 nitrogen and oxygen atoms in total. The molecular weight excluding hydrogens is 540 g/mol. The summed E-state index contributed by atoms with van der Waals surface area (Å²) in [6, 6.07) is 0. The highest BCUT2D eigenvalue weighted by Crippen LogP contribution is 2.28. The van der Waals surface area contributed by atoms with Gasteiger partial charge in [0.1, 0.15) is 11.9 Å². The summed E-state index contributed by atoms with van der Waals surface area (Å²) in [4.78, 5) is 23.8. The van der Waals surface area contributed by atoms with Gasteiger partial charge in [-0.1, -0.05) is 110 Å². The van der Waals surface area contributed by atoms with E-state index in [0.717, 1.165) is 102 Å². The lowest BCUT2D eigenvalue weighted by molar-refractivity contribution is -0.139. The van der Waals surface area contributed by atoms with E-state index >= 15 is 0 Å². The summed E-state index contributed by atoms with van der Waals surface area (Å²) in [5.41, 5.74) is 0.822. The van der Waals surface area contributed by atoms with Crippen LogP contribution in [-0.4, -0.2) is 52.5 Å². The van der Waals surface area contributed by atoms with E-state index < -0.39 is 12.2 Å². The highest BCUT2D eigenvalue weighted by molar-refractivity contribution is 5.90. The van der Waals surface area contributed by atoms with E-state index in [1.54, 1.807) is 0 Å². The van der Waals surface area contributed by atoms with Crippen LogP contribution in [0.15, 0.2) is 11.6 Å². The predicted octanol–water partition coefficient (Wildman–Crippen LogP) is 9.08. The fraction of sp³-hybridized carbons (Fsp3) is 0.892. The van der Waals surface area contributed by atoms with Gasteiger partial charge in [0.2, 0.25) is 0 Å². The molecule has 0 spiro atoms. The lowest BCUT2D eigenvalue weighted by atomic mass is 9.99. The number of Topliss-reactive ketones (excluding diaryl/α,β-unsaturated/α-hetero) is 1. The molecule has 0 aromatic carbocycles. The van der Waals surface area contributed by atoms with Crippen molar-refractivity contribution in [1.82, 2.24) is 0 Å².